The summed E-state index contributed by atoms with van der Waals surface area (Å²) in [6.07, 6.45) is 0.137. The topological polar surface area (TPSA) is 98.6 Å². The maximum atomic E-state index is 14.4. The van der Waals surface area contributed by atoms with Crippen molar-refractivity contribution >= 4 is 11.8 Å². The first-order valence-corrected chi connectivity index (χ1v) is 14.2. The van der Waals surface area contributed by atoms with Crippen molar-refractivity contribution in [2.45, 2.75) is 31.0 Å². The molecular weight excluding hydrogens is 544 g/mol. The summed E-state index contributed by atoms with van der Waals surface area (Å²) >= 11 is 0. The number of amides is 1. The number of ether oxygens (including phenoxy) is 4. The van der Waals surface area contributed by atoms with Crippen LogP contribution in [0.25, 0.3) is 0 Å². The molecule has 1 aliphatic rings. The Morgan fingerprint density at radius 3 is 2.28 bits per heavy atom. The predicted octanol–water partition coefficient (Wildman–Crippen LogP) is 5.28. The van der Waals surface area contributed by atoms with E-state index in [1.807, 2.05) is 103 Å². The molecule has 0 saturated heterocycles. The maximum Gasteiger partial charge on any atom is 0.252 e. The molecule has 2 N–H and O–H groups in total. The maximum absolute atomic E-state index is 14.4. The predicted molar refractivity (Wildman–Crippen MR) is 165 cm³/mol. The van der Waals surface area contributed by atoms with E-state index < -0.39 is 11.6 Å². The average Bonchev–Trinajstić information content (AvgIpc) is 3.45. The Morgan fingerprint density at radius 1 is 0.860 bits per heavy atom. The van der Waals surface area contributed by atoms with E-state index in [1.165, 1.54) is 0 Å². The Balaban J connectivity index is 1.54. The van der Waals surface area contributed by atoms with Gasteiger partial charge in [0.25, 0.3) is 5.91 Å². The first-order valence-electron chi connectivity index (χ1n) is 14.2. The van der Waals surface area contributed by atoms with Crippen LogP contribution in [0.1, 0.15) is 34.8 Å². The van der Waals surface area contributed by atoms with Gasteiger partial charge in [-0.25, -0.2) is 4.99 Å². The summed E-state index contributed by atoms with van der Waals surface area (Å²) in [5, 5.41) is 12.2. The van der Waals surface area contributed by atoms with Gasteiger partial charge in [0.1, 0.15) is 17.2 Å². The lowest BCUT2D eigenvalue weighted by Crippen LogP contribution is -2.49. The minimum atomic E-state index is -1.31. The van der Waals surface area contributed by atoms with E-state index in [2.05, 4.69) is 5.32 Å². The molecule has 0 radical (unpaired) electrons. The SMILES string of the molecule is COc1ccc(CNC(=O)[C@]2(Cc3ccccc3)N=C(c3ccc(OCCCO)cc3)O[C@@H]2c2cccc(OC)c2)cc1. The number of aliphatic hydroxyl groups excluding tert-OH is 1. The van der Waals surface area contributed by atoms with E-state index in [-0.39, 0.29) is 12.5 Å². The fraction of sp³-hybridized carbons (Fsp3) is 0.257. The van der Waals surface area contributed by atoms with E-state index in [1.54, 1.807) is 14.2 Å². The number of carbonyl (C=O) groups excluding carboxylic acids is 1. The van der Waals surface area contributed by atoms with Gasteiger partial charge in [0.2, 0.25) is 5.90 Å². The van der Waals surface area contributed by atoms with Gasteiger partial charge in [-0.3, -0.25) is 4.79 Å². The van der Waals surface area contributed by atoms with E-state index in [0.717, 1.165) is 28.0 Å². The van der Waals surface area contributed by atoms with Crippen LogP contribution in [-0.2, 0) is 22.5 Å². The molecule has 0 fully saturated rings. The molecular formula is C35H36N2O6. The van der Waals surface area contributed by atoms with Crippen LogP contribution in [-0.4, -0.2) is 49.9 Å². The first kappa shape index (κ1) is 29.7. The zero-order valence-electron chi connectivity index (χ0n) is 24.4. The lowest BCUT2D eigenvalue weighted by molar-refractivity contribution is -0.129. The van der Waals surface area contributed by atoms with Crippen molar-refractivity contribution in [1.29, 1.82) is 0 Å². The third-order valence-corrected chi connectivity index (χ3v) is 7.36. The number of nitrogens with one attached hydrogen (secondary N) is 1. The quantitative estimate of drug-likeness (QED) is 0.209. The number of benzene rings is 4. The minimum Gasteiger partial charge on any atom is -0.497 e. The van der Waals surface area contributed by atoms with Gasteiger partial charge in [0.05, 0.1) is 20.8 Å². The van der Waals surface area contributed by atoms with Crippen molar-refractivity contribution in [3.8, 4) is 17.2 Å². The van der Waals surface area contributed by atoms with Gasteiger partial charge < -0.3 is 29.4 Å². The van der Waals surface area contributed by atoms with Gasteiger partial charge in [-0.2, -0.15) is 0 Å². The summed E-state index contributed by atoms with van der Waals surface area (Å²) in [7, 11) is 3.23. The van der Waals surface area contributed by atoms with Gasteiger partial charge >= 0.3 is 0 Å². The van der Waals surface area contributed by atoms with Gasteiger partial charge in [-0.15, -0.1) is 0 Å². The van der Waals surface area contributed by atoms with Gasteiger partial charge in [0, 0.05) is 31.6 Å². The highest BCUT2D eigenvalue weighted by atomic mass is 16.5. The third kappa shape index (κ3) is 6.98. The van der Waals surface area contributed by atoms with Crippen LogP contribution in [0.4, 0.5) is 0 Å². The number of aliphatic hydroxyl groups is 1. The van der Waals surface area contributed by atoms with Crippen molar-refractivity contribution in [2.75, 3.05) is 27.4 Å². The standard InChI is InChI=1S/C35H36N2O6/c1-40-29-16-12-26(13-17-29)24-36-34(39)35(23-25-8-4-3-5-9-25)32(28-10-6-11-31(22-28)41-2)43-33(37-35)27-14-18-30(19-15-27)42-21-7-20-38/h3-6,8-19,22,32,38H,7,20-21,23-24H2,1-2H3,(H,36,39)/t32-,35-/m1/s1. The Kier molecular flexibility index (Phi) is 9.59. The zero-order valence-corrected chi connectivity index (χ0v) is 24.4. The number of hydrogen-bond donors (Lipinski definition) is 2. The smallest absolute Gasteiger partial charge is 0.252 e. The second-order valence-electron chi connectivity index (χ2n) is 10.3. The Bertz CT molecular complexity index is 1520. The highest BCUT2D eigenvalue weighted by molar-refractivity contribution is 6.01. The normalized spacial score (nSPS) is 17.5. The van der Waals surface area contributed by atoms with Crippen molar-refractivity contribution < 1.29 is 28.8 Å². The summed E-state index contributed by atoms with van der Waals surface area (Å²) in [6.45, 7) is 0.799. The van der Waals surface area contributed by atoms with Crippen molar-refractivity contribution in [1.82, 2.24) is 5.32 Å². The Labute approximate surface area is 251 Å². The molecule has 1 amide bonds. The zero-order chi connectivity index (χ0) is 30.1. The number of hydrogen-bond acceptors (Lipinski definition) is 7. The molecule has 222 valence electrons. The fourth-order valence-corrected chi connectivity index (χ4v) is 5.07. The summed E-state index contributed by atoms with van der Waals surface area (Å²) in [4.78, 5) is 19.5. The van der Waals surface area contributed by atoms with Gasteiger partial charge in [0.15, 0.2) is 11.6 Å². The summed E-state index contributed by atoms with van der Waals surface area (Å²) in [5.74, 6) is 2.19. The number of rotatable bonds is 13. The summed E-state index contributed by atoms with van der Waals surface area (Å²) < 4.78 is 23.1. The molecule has 0 aromatic heterocycles. The van der Waals surface area contributed by atoms with Crippen LogP contribution in [0.5, 0.6) is 17.2 Å². The molecule has 0 aliphatic carbocycles. The van der Waals surface area contributed by atoms with Crippen LogP contribution >= 0.6 is 0 Å². The molecule has 5 rings (SSSR count). The third-order valence-electron chi connectivity index (χ3n) is 7.36. The molecule has 8 nitrogen and oxygen atoms in total. The van der Waals surface area contributed by atoms with Crippen LogP contribution < -0.4 is 19.5 Å². The molecule has 2 atom stereocenters. The van der Waals surface area contributed by atoms with Crippen molar-refractivity contribution in [3.63, 3.8) is 0 Å². The molecule has 4 aromatic carbocycles. The number of nitrogens with zero attached hydrogens (tertiary/aromatic N) is 1. The Morgan fingerprint density at radius 2 is 1.58 bits per heavy atom. The van der Waals surface area contributed by atoms with Gasteiger partial charge in [-0.05, 0) is 65.2 Å². The van der Waals surface area contributed by atoms with Crippen LogP contribution in [0.3, 0.4) is 0 Å². The number of carbonyl (C=O) groups is 1. The molecule has 1 heterocycles. The fourth-order valence-electron chi connectivity index (χ4n) is 5.07. The molecule has 0 spiro atoms. The van der Waals surface area contributed by atoms with Crippen LogP contribution in [0.15, 0.2) is 108 Å². The molecule has 8 heteroatoms. The lowest BCUT2D eigenvalue weighted by Gasteiger charge is -2.31. The van der Waals surface area contributed by atoms with Crippen molar-refractivity contribution in [2.24, 2.45) is 4.99 Å². The summed E-state index contributed by atoms with van der Waals surface area (Å²) in [6, 6.07) is 32.4. The van der Waals surface area contributed by atoms with E-state index in [4.69, 9.17) is 29.0 Å². The lowest BCUT2D eigenvalue weighted by atomic mass is 9.82. The second kappa shape index (κ2) is 13.9. The monoisotopic (exact) mass is 580 g/mol. The first-order chi connectivity index (χ1) is 21.0. The summed E-state index contributed by atoms with van der Waals surface area (Å²) in [5.41, 5.74) is 2.07. The molecule has 0 unspecified atom stereocenters. The molecule has 4 aromatic rings. The average molecular weight is 581 g/mol. The molecule has 0 bridgehead atoms. The highest BCUT2D eigenvalue weighted by Crippen LogP contribution is 2.43. The van der Waals surface area contributed by atoms with Crippen LogP contribution in [0, 0.1) is 0 Å². The molecule has 43 heavy (non-hydrogen) atoms. The second-order valence-corrected chi connectivity index (χ2v) is 10.3. The Hall–Kier alpha value is -4.82. The van der Waals surface area contributed by atoms with Crippen LogP contribution in [0.2, 0.25) is 0 Å². The van der Waals surface area contributed by atoms with E-state index >= 15 is 0 Å². The molecule has 1 aliphatic heterocycles. The van der Waals surface area contributed by atoms with Gasteiger partial charge in [-0.1, -0.05) is 54.6 Å². The largest absolute Gasteiger partial charge is 0.497 e. The van der Waals surface area contributed by atoms with E-state index in [0.29, 0.717) is 43.4 Å². The highest BCUT2D eigenvalue weighted by Gasteiger charge is 2.53. The van der Waals surface area contributed by atoms with E-state index in [9.17, 15) is 4.79 Å². The number of aliphatic imine (C=N–C) groups is 1. The minimum absolute atomic E-state index is 0.0679. The number of methoxy groups -OCH3 is 2. The van der Waals surface area contributed by atoms with Crippen molar-refractivity contribution in [3.05, 3.63) is 125 Å². The molecule has 0 saturated carbocycles.